The van der Waals surface area contributed by atoms with Gasteiger partial charge in [0.25, 0.3) is 0 Å². The van der Waals surface area contributed by atoms with Gasteiger partial charge in [0.2, 0.25) is 0 Å². The molecule has 3 rings (SSSR count). The SMILES string of the molecule is OB(O)c1cc(-n2cccn2)ccc1C1CC1. The number of hydrogen-bond acceptors (Lipinski definition) is 3. The maximum Gasteiger partial charge on any atom is 0.488 e. The summed E-state index contributed by atoms with van der Waals surface area (Å²) >= 11 is 0. The minimum absolute atomic E-state index is 0.499. The molecule has 1 aromatic carbocycles. The third kappa shape index (κ3) is 1.99. The Kier molecular flexibility index (Phi) is 2.50. The van der Waals surface area contributed by atoms with Crippen LogP contribution in [-0.4, -0.2) is 26.9 Å². The fraction of sp³-hybridized carbons (Fsp3) is 0.250. The van der Waals surface area contributed by atoms with Crippen molar-refractivity contribution < 1.29 is 10.0 Å². The van der Waals surface area contributed by atoms with Crippen LogP contribution in [0.2, 0.25) is 0 Å². The second-order valence-electron chi connectivity index (χ2n) is 4.41. The first-order valence-corrected chi connectivity index (χ1v) is 5.75. The Balaban J connectivity index is 2.05. The van der Waals surface area contributed by atoms with Gasteiger partial charge in [0, 0.05) is 12.4 Å². The van der Waals surface area contributed by atoms with E-state index in [1.165, 1.54) is 0 Å². The largest absolute Gasteiger partial charge is 0.488 e. The maximum atomic E-state index is 9.43. The molecule has 0 atom stereocenters. The maximum absolute atomic E-state index is 9.43. The molecule has 2 N–H and O–H groups in total. The van der Waals surface area contributed by atoms with E-state index in [4.69, 9.17) is 0 Å². The van der Waals surface area contributed by atoms with Gasteiger partial charge in [-0.3, -0.25) is 0 Å². The predicted octanol–water partition coefficient (Wildman–Crippen LogP) is 0.429. The molecule has 1 aliphatic rings. The molecule has 0 spiro atoms. The zero-order valence-electron chi connectivity index (χ0n) is 9.32. The van der Waals surface area contributed by atoms with Gasteiger partial charge in [-0.2, -0.15) is 5.10 Å². The summed E-state index contributed by atoms with van der Waals surface area (Å²) in [5, 5.41) is 23.0. The average molecular weight is 228 g/mol. The minimum atomic E-state index is -1.42. The molecule has 17 heavy (non-hydrogen) atoms. The summed E-state index contributed by atoms with van der Waals surface area (Å²) in [4.78, 5) is 0. The van der Waals surface area contributed by atoms with Crippen molar-refractivity contribution in [3.05, 3.63) is 42.2 Å². The van der Waals surface area contributed by atoms with E-state index >= 15 is 0 Å². The van der Waals surface area contributed by atoms with Crippen LogP contribution in [0.3, 0.4) is 0 Å². The molecule has 0 amide bonds. The van der Waals surface area contributed by atoms with Gasteiger partial charge in [-0.15, -0.1) is 0 Å². The number of benzene rings is 1. The van der Waals surface area contributed by atoms with Gasteiger partial charge >= 0.3 is 7.12 Å². The first-order valence-electron chi connectivity index (χ1n) is 5.75. The van der Waals surface area contributed by atoms with Gasteiger partial charge in [-0.25, -0.2) is 4.68 Å². The molecule has 0 bridgehead atoms. The van der Waals surface area contributed by atoms with Crippen molar-refractivity contribution in [3.8, 4) is 5.69 Å². The van der Waals surface area contributed by atoms with Gasteiger partial charge in [0.15, 0.2) is 0 Å². The normalized spacial score (nSPS) is 14.9. The lowest BCUT2D eigenvalue weighted by Gasteiger charge is -2.10. The Hall–Kier alpha value is -1.59. The third-order valence-electron chi connectivity index (χ3n) is 3.13. The molecule has 5 heteroatoms. The van der Waals surface area contributed by atoms with Crippen LogP contribution in [0.25, 0.3) is 5.69 Å². The van der Waals surface area contributed by atoms with Crippen molar-refractivity contribution in [2.24, 2.45) is 0 Å². The summed E-state index contributed by atoms with van der Waals surface area (Å²) in [6.07, 6.45) is 5.81. The highest BCUT2D eigenvalue weighted by Crippen LogP contribution is 2.39. The molecule has 86 valence electrons. The fourth-order valence-corrected chi connectivity index (χ4v) is 2.12. The molecule has 0 saturated heterocycles. The van der Waals surface area contributed by atoms with E-state index in [-0.39, 0.29) is 0 Å². The lowest BCUT2D eigenvalue weighted by molar-refractivity contribution is 0.425. The molecule has 0 aliphatic heterocycles. The van der Waals surface area contributed by atoms with Crippen molar-refractivity contribution in [2.75, 3.05) is 0 Å². The Morgan fingerprint density at radius 3 is 2.71 bits per heavy atom. The summed E-state index contributed by atoms with van der Waals surface area (Å²) < 4.78 is 1.71. The van der Waals surface area contributed by atoms with E-state index in [1.54, 1.807) is 16.9 Å². The van der Waals surface area contributed by atoms with Crippen LogP contribution in [-0.2, 0) is 0 Å². The topological polar surface area (TPSA) is 58.3 Å². The molecular weight excluding hydrogens is 215 g/mol. The zero-order chi connectivity index (χ0) is 11.8. The van der Waals surface area contributed by atoms with Crippen LogP contribution < -0.4 is 5.46 Å². The molecule has 1 fully saturated rings. The van der Waals surface area contributed by atoms with Crippen molar-refractivity contribution in [2.45, 2.75) is 18.8 Å². The van der Waals surface area contributed by atoms with Crippen LogP contribution in [0.4, 0.5) is 0 Å². The van der Waals surface area contributed by atoms with E-state index < -0.39 is 7.12 Å². The molecule has 4 nitrogen and oxygen atoms in total. The molecule has 1 saturated carbocycles. The monoisotopic (exact) mass is 228 g/mol. The van der Waals surface area contributed by atoms with Gasteiger partial charge in [0.05, 0.1) is 5.69 Å². The van der Waals surface area contributed by atoms with Crippen molar-refractivity contribution in [3.63, 3.8) is 0 Å². The zero-order valence-corrected chi connectivity index (χ0v) is 9.32. The van der Waals surface area contributed by atoms with E-state index in [2.05, 4.69) is 5.10 Å². The highest BCUT2D eigenvalue weighted by molar-refractivity contribution is 6.59. The van der Waals surface area contributed by atoms with Crippen molar-refractivity contribution in [1.82, 2.24) is 9.78 Å². The van der Waals surface area contributed by atoms with Gasteiger partial charge in [0.1, 0.15) is 0 Å². The number of hydrogen-bond donors (Lipinski definition) is 2. The van der Waals surface area contributed by atoms with E-state index in [9.17, 15) is 10.0 Å². The van der Waals surface area contributed by atoms with Gasteiger partial charge in [-0.05, 0) is 48.0 Å². The first-order chi connectivity index (χ1) is 8.25. The van der Waals surface area contributed by atoms with Crippen LogP contribution in [0.5, 0.6) is 0 Å². The second-order valence-corrected chi connectivity index (χ2v) is 4.41. The van der Waals surface area contributed by atoms with Crippen LogP contribution >= 0.6 is 0 Å². The van der Waals surface area contributed by atoms with Gasteiger partial charge < -0.3 is 10.0 Å². The predicted molar refractivity (Wildman–Crippen MR) is 65.4 cm³/mol. The molecule has 1 aliphatic carbocycles. The molecule has 0 radical (unpaired) electrons. The summed E-state index contributed by atoms with van der Waals surface area (Å²) in [7, 11) is -1.42. The van der Waals surface area contributed by atoms with Crippen molar-refractivity contribution in [1.29, 1.82) is 0 Å². The van der Waals surface area contributed by atoms with Crippen molar-refractivity contribution >= 4 is 12.6 Å². The molecule has 0 unspecified atom stereocenters. The summed E-state index contributed by atoms with van der Waals surface area (Å²) in [6.45, 7) is 0. The Morgan fingerprint density at radius 1 is 1.29 bits per heavy atom. The first kappa shape index (κ1) is 10.6. The Labute approximate surface area is 99.7 Å². The van der Waals surface area contributed by atoms with E-state index in [0.717, 1.165) is 24.1 Å². The summed E-state index contributed by atoms with van der Waals surface area (Å²) in [5.41, 5.74) is 2.50. The average Bonchev–Trinajstić information content (AvgIpc) is 3.03. The third-order valence-corrected chi connectivity index (χ3v) is 3.13. The summed E-state index contributed by atoms with van der Waals surface area (Å²) in [5.74, 6) is 0.499. The number of aromatic nitrogens is 2. The van der Waals surface area contributed by atoms with Crippen LogP contribution in [0.15, 0.2) is 36.7 Å². The van der Waals surface area contributed by atoms with Crippen LogP contribution in [0, 0.1) is 0 Å². The highest BCUT2D eigenvalue weighted by atomic mass is 16.4. The standard InChI is InChI=1S/C12H13BN2O2/c16-13(17)12-8-10(15-7-1-6-14-15)4-5-11(12)9-2-3-9/h1,4-9,16-17H,2-3H2. The fourth-order valence-electron chi connectivity index (χ4n) is 2.12. The smallest absolute Gasteiger partial charge is 0.423 e. The quantitative estimate of drug-likeness (QED) is 0.749. The molecule has 2 aromatic rings. The lowest BCUT2D eigenvalue weighted by atomic mass is 9.75. The van der Waals surface area contributed by atoms with Gasteiger partial charge in [-0.1, -0.05) is 6.07 Å². The van der Waals surface area contributed by atoms with E-state index in [1.807, 2.05) is 24.4 Å². The number of nitrogens with zero attached hydrogens (tertiary/aromatic N) is 2. The highest BCUT2D eigenvalue weighted by Gasteiger charge is 2.29. The lowest BCUT2D eigenvalue weighted by Crippen LogP contribution is -2.33. The Morgan fingerprint density at radius 2 is 2.12 bits per heavy atom. The van der Waals surface area contributed by atoms with E-state index in [0.29, 0.717) is 11.4 Å². The second kappa shape index (κ2) is 4.02. The summed E-state index contributed by atoms with van der Waals surface area (Å²) in [6, 6.07) is 7.57. The molecular formula is C12H13BN2O2. The molecule has 1 aromatic heterocycles. The minimum Gasteiger partial charge on any atom is -0.423 e. The molecule has 1 heterocycles. The number of rotatable bonds is 3. The van der Waals surface area contributed by atoms with Crippen LogP contribution in [0.1, 0.15) is 24.3 Å². The Bertz CT molecular complexity index is 521.